The highest BCUT2D eigenvalue weighted by atomic mass is 15.2. The molecule has 2 N–H and O–H groups in total. The first kappa shape index (κ1) is 19.1. The summed E-state index contributed by atoms with van der Waals surface area (Å²) in [7, 11) is 4.00. The molecule has 33 heavy (non-hydrogen) atoms. The van der Waals surface area contributed by atoms with Gasteiger partial charge < -0.3 is 9.88 Å². The van der Waals surface area contributed by atoms with Crippen LogP contribution in [-0.4, -0.2) is 49.2 Å². The van der Waals surface area contributed by atoms with E-state index in [1.807, 2.05) is 68.2 Å². The lowest BCUT2D eigenvalue weighted by atomic mass is 10.1. The van der Waals surface area contributed by atoms with E-state index in [1.54, 1.807) is 6.20 Å². The molecule has 160 valence electrons. The molecule has 0 bridgehead atoms. The smallest absolute Gasteiger partial charge is 0.181 e. The van der Waals surface area contributed by atoms with Gasteiger partial charge in [0.25, 0.3) is 0 Å². The molecule has 0 aliphatic heterocycles. The fourth-order valence-electron chi connectivity index (χ4n) is 4.01. The van der Waals surface area contributed by atoms with Crippen molar-refractivity contribution in [2.24, 2.45) is 0 Å². The van der Waals surface area contributed by atoms with Crippen LogP contribution in [0.25, 0.3) is 55.7 Å². The maximum absolute atomic E-state index is 4.58. The Kier molecular flexibility index (Phi) is 4.36. The van der Waals surface area contributed by atoms with Crippen molar-refractivity contribution < 1.29 is 0 Å². The molecule has 0 aromatic carbocycles. The molecular formula is C25H20N8. The Morgan fingerprint density at radius 2 is 1.70 bits per heavy atom. The number of hydrogen-bond donors (Lipinski definition) is 2. The minimum absolute atomic E-state index is 0.659. The van der Waals surface area contributed by atoms with E-state index in [-0.39, 0.29) is 0 Å². The van der Waals surface area contributed by atoms with Gasteiger partial charge in [0.1, 0.15) is 0 Å². The number of fused-ring (bicyclic) bond motifs is 2. The zero-order valence-electron chi connectivity index (χ0n) is 18.1. The first-order chi connectivity index (χ1) is 16.2. The van der Waals surface area contributed by atoms with Gasteiger partial charge >= 0.3 is 0 Å². The first-order valence-corrected chi connectivity index (χ1v) is 10.5. The minimum atomic E-state index is 0.659. The highest BCUT2D eigenvalue weighted by Crippen LogP contribution is 2.34. The number of rotatable bonds is 4. The third-order valence-corrected chi connectivity index (χ3v) is 5.74. The molecule has 0 fully saturated rings. The van der Waals surface area contributed by atoms with Crippen molar-refractivity contribution >= 4 is 27.6 Å². The van der Waals surface area contributed by atoms with Crippen LogP contribution in [0.4, 0.5) is 5.69 Å². The summed E-state index contributed by atoms with van der Waals surface area (Å²) in [4.78, 5) is 23.4. The molecule has 6 heterocycles. The standard InChI is InChI=1S/C25H20N8/c1-33(2)17-7-15(10-26-12-17)16-8-19-24(31-32-25(19)29-11-16)22-9-18-20(13-27-14-23(18)30-22)21-5-3-4-6-28-21/h3-14,30H,1-2H3,(H,29,31,32). The van der Waals surface area contributed by atoms with Crippen LogP contribution in [0, 0.1) is 0 Å². The van der Waals surface area contributed by atoms with E-state index in [1.165, 1.54) is 0 Å². The van der Waals surface area contributed by atoms with Gasteiger partial charge in [-0.3, -0.25) is 20.1 Å². The topological polar surface area (TPSA) is 99.3 Å². The lowest BCUT2D eigenvalue weighted by Crippen LogP contribution is -2.08. The Morgan fingerprint density at radius 3 is 2.55 bits per heavy atom. The zero-order chi connectivity index (χ0) is 22.4. The number of aromatic nitrogens is 7. The van der Waals surface area contributed by atoms with Gasteiger partial charge in [0, 0.05) is 66.3 Å². The molecule has 0 aliphatic rings. The predicted molar refractivity (Wildman–Crippen MR) is 130 cm³/mol. The Morgan fingerprint density at radius 1 is 0.818 bits per heavy atom. The number of anilines is 1. The van der Waals surface area contributed by atoms with E-state index in [9.17, 15) is 0 Å². The van der Waals surface area contributed by atoms with Gasteiger partial charge in [0.2, 0.25) is 0 Å². The van der Waals surface area contributed by atoms with E-state index in [0.29, 0.717) is 5.65 Å². The van der Waals surface area contributed by atoms with Crippen LogP contribution in [0.3, 0.4) is 0 Å². The number of hydrogen-bond acceptors (Lipinski definition) is 6. The van der Waals surface area contributed by atoms with E-state index in [0.717, 1.165) is 55.7 Å². The van der Waals surface area contributed by atoms with Crippen LogP contribution in [0.5, 0.6) is 0 Å². The second kappa shape index (κ2) is 7.52. The van der Waals surface area contributed by atoms with E-state index >= 15 is 0 Å². The predicted octanol–water partition coefficient (Wildman–Crippen LogP) is 4.69. The maximum atomic E-state index is 4.58. The molecule has 6 rings (SSSR count). The number of pyridine rings is 4. The maximum Gasteiger partial charge on any atom is 0.181 e. The lowest BCUT2D eigenvalue weighted by molar-refractivity contribution is 1.10. The fraction of sp³-hybridized carbons (Fsp3) is 0.0800. The number of H-pyrrole nitrogens is 2. The van der Waals surface area contributed by atoms with Crippen molar-refractivity contribution in [3.8, 4) is 33.8 Å². The Balaban J connectivity index is 1.48. The van der Waals surface area contributed by atoms with Gasteiger partial charge in [-0.25, -0.2) is 4.98 Å². The molecule has 0 radical (unpaired) electrons. The summed E-state index contributed by atoms with van der Waals surface area (Å²) in [5.41, 5.74) is 8.25. The van der Waals surface area contributed by atoms with Crippen LogP contribution in [0.2, 0.25) is 0 Å². The second-order valence-electron chi connectivity index (χ2n) is 8.07. The SMILES string of the molecule is CN(C)c1cncc(-c2cnc3n[nH]c(-c4cc5c(-c6ccccn6)cncc5[nH]4)c3c2)c1. The third kappa shape index (κ3) is 3.28. The van der Waals surface area contributed by atoms with Crippen molar-refractivity contribution in [3.05, 3.63) is 73.6 Å². The molecule has 0 saturated heterocycles. The van der Waals surface area contributed by atoms with E-state index in [2.05, 4.69) is 53.3 Å². The average Bonchev–Trinajstić information content (AvgIpc) is 3.48. The molecule has 6 aromatic rings. The van der Waals surface area contributed by atoms with Gasteiger partial charge in [-0.05, 0) is 30.3 Å². The van der Waals surface area contributed by atoms with Crippen LogP contribution in [0.1, 0.15) is 0 Å². The van der Waals surface area contributed by atoms with Crippen LogP contribution in [0.15, 0.2) is 73.6 Å². The quantitative estimate of drug-likeness (QED) is 0.419. The fourth-order valence-corrected chi connectivity index (χ4v) is 4.01. The monoisotopic (exact) mass is 432 g/mol. The largest absolute Gasteiger partial charge is 0.376 e. The zero-order valence-corrected chi connectivity index (χ0v) is 18.1. The summed E-state index contributed by atoms with van der Waals surface area (Å²) in [5, 5.41) is 9.55. The van der Waals surface area contributed by atoms with E-state index in [4.69, 9.17) is 0 Å². The minimum Gasteiger partial charge on any atom is -0.376 e. The lowest BCUT2D eigenvalue weighted by Gasteiger charge is -2.12. The van der Waals surface area contributed by atoms with Crippen LogP contribution >= 0.6 is 0 Å². The van der Waals surface area contributed by atoms with Crippen LogP contribution in [-0.2, 0) is 0 Å². The van der Waals surface area contributed by atoms with Crippen molar-refractivity contribution in [3.63, 3.8) is 0 Å². The third-order valence-electron chi connectivity index (χ3n) is 5.74. The summed E-state index contributed by atoms with van der Waals surface area (Å²) in [6.45, 7) is 0. The molecule has 0 saturated carbocycles. The molecule has 0 aliphatic carbocycles. The second-order valence-corrected chi connectivity index (χ2v) is 8.07. The van der Waals surface area contributed by atoms with Gasteiger partial charge in [-0.1, -0.05) is 6.07 Å². The highest BCUT2D eigenvalue weighted by molar-refractivity contribution is 6.00. The van der Waals surface area contributed by atoms with Crippen molar-refractivity contribution in [1.29, 1.82) is 0 Å². The molecule has 8 heteroatoms. The Bertz CT molecular complexity index is 1600. The highest BCUT2D eigenvalue weighted by Gasteiger charge is 2.15. The Hall–Kier alpha value is -4.59. The first-order valence-electron chi connectivity index (χ1n) is 10.5. The summed E-state index contributed by atoms with van der Waals surface area (Å²) in [5.74, 6) is 0. The molecule has 0 spiro atoms. The number of nitrogens with zero attached hydrogens (tertiary/aromatic N) is 6. The molecule has 8 nitrogen and oxygen atoms in total. The summed E-state index contributed by atoms with van der Waals surface area (Å²) in [6.07, 6.45) is 11.0. The molecule has 0 atom stereocenters. The van der Waals surface area contributed by atoms with Crippen LogP contribution < -0.4 is 4.90 Å². The number of aromatic amines is 2. The molecule has 6 aromatic heterocycles. The number of nitrogens with one attached hydrogen (secondary N) is 2. The summed E-state index contributed by atoms with van der Waals surface area (Å²) in [6, 6.07) is 12.2. The normalized spacial score (nSPS) is 11.3. The van der Waals surface area contributed by atoms with Gasteiger partial charge in [-0.15, -0.1) is 0 Å². The molecule has 0 unspecified atom stereocenters. The average molecular weight is 432 g/mol. The molecule has 0 amide bonds. The molecular weight excluding hydrogens is 412 g/mol. The van der Waals surface area contributed by atoms with Crippen molar-refractivity contribution in [2.45, 2.75) is 0 Å². The van der Waals surface area contributed by atoms with E-state index < -0.39 is 0 Å². The van der Waals surface area contributed by atoms with Gasteiger partial charge in [0.05, 0.1) is 40.7 Å². The Labute approximate surface area is 189 Å². The van der Waals surface area contributed by atoms with Crippen molar-refractivity contribution in [2.75, 3.05) is 19.0 Å². The summed E-state index contributed by atoms with van der Waals surface area (Å²) < 4.78 is 0. The van der Waals surface area contributed by atoms with Gasteiger partial charge in [-0.2, -0.15) is 5.10 Å². The summed E-state index contributed by atoms with van der Waals surface area (Å²) >= 11 is 0. The van der Waals surface area contributed by atoms with Crippen molar-refractivity contribution in [1.82, 2.24) is 35.1 Å². The van der Waals surface area contributed by atoms with Gasteiger partial charge in [0.15, 0.2) is 5.65 Å².